The fourth-order valence-corrected chi connectivity index (χ4v) is 2.55. The fraction of sp³-hybridized carbons (Fsp3) is 0.143. The van der Waals surface area contributed by atoms with Crippen LogP contribution < -0.4 is 10.6 Å². The van der Waals surface area contributed by atoms with Gasteiger partial charge in [-0.3, -0.25) is 9.59 Å². The summed E-state index contributed by atoms with van der Waals surface area (Å²) in [5.74, 6) is -0.0261. The molecule has 0 saturated heterocycles. The van der Waals surface area contributed by atoms with E-state index in [1.165, 1.54) is 6.92 Å². The Labute approximate surface area is 157 Å². The summed E-state index contributed by atoms with van der Waals surface area (Å²) in [6.07, 6.45) is 0. The lowest BCUT2D eigenvalue weighted by Crippen LogP contribution is -2.16. The van der Waals surface area contributed by atoms with Crippen LogP contribution in [0.1, 0.15) is 39.0 Å². The van der Waals surface area contributed by atoms with E-state index in [9.17, 15) is 9.59 Å². The maximum Gasteiger partial charge on any atom is 0.274 e. The number of carbonyl (C=O) groups is 2. The van der Waals surface area contributed by atoms with Crippen molar-refractivity contribution in [3.63, 3.8) is 0 Å². The lowest BCUT2D eigenvalue weighted by molar-refractivity contribution is 0.100. The van der Waals surface area contributed by atoms with Crippen molar-refractivity contribution >= 4 is 23.3 Å². The molecule has 3 aromatic rings. The van der Waals surface area contributed by atoms with Gasteiger partial charge in [0, 0.05) is 23.5 Å². The topological polar surface area (TPSA) is 84.0 Å². The minimum absolute atomic E-state index is 0.0589. The third-order valence-electron chi connectivity index (χ3n) is 3.91. The number of aromatic nitrogens is 2. The molecular formula is C21H20N4O2. The highest BCUT2D eigenvalue weighted by Gasteiger charge is 2.12. The predicted molar refractivity (Wildman–Crippen MR) is 105 cm³/mol. The maximum absolute atomic E-state index is 12.6. The zero-order chi connectivity index (χ0) is 19.2. The Morgan fingerprint density at radius 3 is 2.48 bits per heavy atom. The Kier molecular flexibility index (Phi) is 5.56. The number of aryl methyl sites for hydroxylation is 1. The summed E-state index contributed by atoms with van der Waals surface area (Å²) < 4.78 is 0. The summed E-state index contributed by atoms with van der Waals surface area (Å²) >= 11 is 0. The molecule has 136 valence electrons. The first-order valence-electron chi connectivity index (χ1n) is 8.57. The first kappa shape index (κ1) is 18.3. The van der Waals surface area contributed by atoms with Crippen molar-refractivity contribution in [2.45, 2.75) is 20.4 Å². The van der Waals surface area contributed by atoms with Crippen LogP contribution in [-0.2, 0) is 6.54 Å². The number of carbonyl (C=O) groups excluding carboxylic acids is 2. The molecule has 2 aromatic carbocycles. The van der Waals surface area contributed by atoms with Gasteiger partial charge in [0.05, 0.1) is 0 Å². The molecular weight excluding hydrogens is 340 g/mol. The molecule has 0 saturated carbocycles. The van der Waals surface area contributed by atoms with Gasteiger partial charge in [0.25, 0.3) is 5.91 Å². The molecule has 27 heavy (non-hydrogen) atoms. The van der Waals surface area contributed by atoms with E-state index in [2.05, 4.69) is 20.6 Å². The summed E-state index contributed by atoms with van der Waals surface area (Å²) in [4.78, 5) is 32.7. The minimum Gasteiger partial charge on any atom is -0.350 e. The molecule has 1 aromatic heterocycles. The summed E-state index contributed by atoms with van der Waals surface area (Å²) in [5, 5.41) is 5.91. The van der Waals surface area contributed by atoms with Gasteiger partial charge in [0.1, 0.15) is 5.69 Å². The number of benzene rings is 2. The molecule has 0 bridgehead atoms. The number of ketones is 1. The van der Waals surface area contributed by atoms with Crippen LogP contribution in [0.15, 0.2) is 60.7 Å². The highest BCUT2D eigenvalue weighted by atomic mass is 16.2. The van der Waals surface area contributed by atoms with Crippen LogP contribution in [-0.4, -0.2) is 21.7 Å². The van der Waals surface area contributed by atoms with Crippen LogP contribution in [0.4, 0.5) is 11.6 Å². The van der Waals surface area contributed by atoms with Crippen molar-refractivity contribution < 1.29 is 9.59 Å². The van der Waals surface area contributed by atoms with Crippen LogP contribution >= 0.6 is 0 Å². The average Bonchev–Trinajstić information content (AvgIpc) is 2.67. The van der Waals surface area contributed by atoms with Gasteiger partial charge in [-0.05, 0) is 37.6 Å². The maximum atomic E-state index is 12.6. The van der Waals surface area contributed by atoms with E-state index < -0.39 is 0 Å². The molecule has 1 heterocycles. The standard InChI is InChI=1S/C21H20N4O2/c1-14-11-19(20(27)24-18-10-6-9-17(12-18)15(2)26)25-21(23-14)22-13-16-7-4-3-5-8-16/h3-12H,13H2,1-2H3,(H,24,27)(H,22,23,25). The second-order valence-corrected chi connectivity index (χ2v) is 6.15. The molecule has 0 atom stereocenters. The van der Waals surface area contributed by atoms with Crippen LogP contribution in [0.5, 0.6) is 0 Å². The Hall–Kier alpha value is -3.54. The van der Waals surface area contributed by atoms with E-state index in [1.54, 1.807) is 30.3 Å². The number of rotatable bonds is 6. The van der Waals surface area contributed by atoms with Gasteiger partial charge in [0.2, 0.25) is 5.95 Å². The number of hydrogen-bond acceptors (Lipinski definition) is 5. The number of amides is 1. The van der Waals surface area contributed by atoms with E-state index in [-0.39, 0.29) is 17.4 Å². The number of Topliss-reactive ketones (excluding diaryl/α,β-unsaturated/α-hetero) is 1. The van der Waals surface area contributed by atoms with Crippen LogP contribution in [0, 0.1) is 6.92 Å². The molecule has 1 amide bonds. The summed E-state index contributed by atoms with van der Waals surface area (Å²) in [7, 11) is 0. The van der Waals surface area contributed by atoms with Crippen molar-refractivity contribution in [1.82, 2.24) is 9.97 Å². The van der Waals surface area contributed by atoms with Crippen molar-refractivity contribution in [3.05, 3.63) is 83.2 Å². The van der Waals surface area contributed by atoms with Crippen molar-refractivity contribution in [3.8, 4) is 0 Å². The summed E-state index contributed by atoms with van der Waals surface area (Å²) in [5.41, 5.74) is 3.11. The zero-order valence-electron chi connectivity index (χ0n) is 15.2. The Morgan fingerprint density at radius 2 is 1.74 bits per heavy atom. The highest BCUT2D eigenvalue weighted by Crippen LogP contribution is 2.14. The first-order valence-corrected chi connectivity index (χ1v) is 8.57. The van der Waals surface area contributed by atoms with Gasteiger partial charge < -0.3 is 10.6 Å². The van der Waals surface area contributed by atoms with Crippen molar-refractivity contribution in [2.24, 2.45) is 0 Å². The first-order chi connectivity index (χ1) is 13.0. The smallest absolute Gasteiger partial charge is 0.274 e. The normalized spacial score (nSPS) is 10.3. The van der Waals surface area contributed by atoms with Crippen LogP contribution in [0.25, 0.3) is 0 Å². The Bertz CT molecular complexity index is 971. The second kappa shape index (κ2) is 8.23. The largest absolute Gasteiger partial charge is 0.350 e. The van der Waals surface area contributed by atoms with E-state index in [0.717, 1.165) is 5.56 Å². The van der Waals surface area contributed by atoms with Gasteiger partial charge in [-0.2, -0.15) is 0 Å². The van der Waals surface area contributed by atoms with E-state index in [4.69, 9.17) is 0 Å². The van der Waals surface area contributed by atoms with Gasteiger partial charge >= 0.3 is 0 Å². The molecule has 0 aliphatic carbocycles. The van der Waals surface area contributed by atoms with Crippen LogP contribution in [0.3, 0.4) is 0 Å². The van der Waals surface area contributed by atoms with Gasteiger partial charge in [-0.1, -0.05) is 42.5 Å². The number of anilines is 2. The molecule has 0 spiro atoms. The number of nitrogens with one attached hydrogen (secondary N) is 2. The summed E-state index contributed by atoms with van der Waals surface area (Å²) in [6, 6.07) is 18.3. The highest BCUT2D eigenvalue weighted by molar-refractivity contribution is 6.04. The van der Waals surface area contributed by atoms with Gasteiger partial charge in [-0.25, -0.2) is 9.97 Å². The lowest BCUT2D eigenvalue weighted by Gasteiger charge is -2.09. The molecule has 0 fully saturated rings. The number of nitrogens with zero attached hydrogens (tertiary/aromatic N) is 2. The molecule has 3 rings (SSSR count). The van der Waals surface area contributed by atoms with E-state index in [0.29, 0.717) is 29.4 Å². The van der Waals surface area contributed by atoms with Crippen molar-refractivity contribution in [1.29, 1.82) is 0 Å². The van der Waals surface area contributed by atoms with E-state index >= 15 is 0 Å². The Morgan fingerprint density at radius 1 is 0.963 bits per heavy atom. The summed E-state index contributed by atoms with van der Waals surface area (Å²) in [6.45, 7) is 3.86. The lowest BCUT2D eigenvalue weighted by atomic mass is 10.1. The van der Waals surface area contributed by atoms with Gasteiger partial charge in [0.15, 0.2) is 5.78 Å². The molecule has 0 aliphatic rings. The number of hydrogen-bond donors (Lipinski definition) is 2. The molecule has 0 aliphatic heterocycles. The fourth-order valence-electron chi connectivity index (χ4n) is 2.55. The molecule has 0 radical (unpaired) electrons. The second-order valence-electron chi connectivity index (χ2n) is 6.15. The van der Waals surface area contributed by atoms with Crippen molar-refractivity contribution in [2.75, 3.05) is 10.6 Å². The third-order valence-corrected chi connectivity index (χ3v) is 3.91. The van der Waals surface area contributed by atoms with E-state index in [1.807, 2.05) is 37.3 Å². The quantitative estimate of drug-likeness (QED) is 0.652. The zero-order valence-corrected chi connectivity index (χ0v) is 15.2. The molecule has 0 unspecified atom stereocenters. The monoisotopic (exact) mass is 360 g/mol. The minimum atomic E-state index is -0.357. The van der Waals surface area contributed by atoms with Crippen LogP contribution in [0.2, 0.25) is 0 Å². The molecule has 6 heteroatoms. The predicted octanol–water partition coefficient (Wildman–Crippen LogP) is 3.85. The molecule has 2 N–H and O–H groups in total. The van der Waals surface area contributed by atoms with Gasteiger partial charge in [-0.15, -0.1) is 0 Å². The SMILES string of the molecule is CC(=O)c1cccc(NC(=O)c2cc(C)nc(NCc3ccccc3)n2)c1. The third kappa shape index (κ3) is 4.98. The molecule has 6 nitrogen and oxygen atoms in total. The Balaban J connectivity index is 1.74. The average molecular weight is 360 g/mol.